The average Bonchev–Trinajstić information content (AvgIpc) is 2.28. The summed E-state index contributed by atoms with van der Waals surface area (Å²) in [6, 6.07) is 6.94. The van der Waals surface area contributed by atoms with Gasteiger partial charge in [0.25, 0.3) is 0 Å². The molecule has 1 nitrogen and oxygen atoms in total. The van der Waals surface area contributed by atoms with Crippen LogP contribution >= 0.6 is 34.2 Å². The molecule has 18 heavy (non-hydrogen) atoms. The van der Waals surface area contributed by atoms with Gasteiger partial charge in [-0.2, -0.15) is 13.2 Å². The molecule has 0 saturated carbocycles. The summed E-state index contributed by atoms with van der Waals surface area (Å²) in [5.74, 6) is 0. The Morgan fingerprint density at radius 3 is 2.39 bits per heavy atom. The van der Waals surface area contributed by atoms with Crippen LogP contribution in [0, 0.1) is 3.57 Å². The van der Waals surface area contributed by atoms with Gasteiger partial charge in [-0.1, -0.05) is 29.8 Å². The van der Waals surface area contributed by atoms with Gasteiger partial charge in [-0.3, -0.25) is 0 Å². The van der Waals surface area contributed by atoms with E-state index in [-0.39, 0.29) is 10.7 Å². The van der Waals surface area contributed by atoms with Crippen LogP contribution in [0.25, 0.3) is 11.1 Å². The highest BCUT2D eigenvalue weighted by Crippen LogP contribution is 2.38. The van der Waals surface area contributed by atoms with E-state index in [0.29, 0.717) is 9.13 Å². The predicted octanol–water partition coefficient (Wildman–Crippen LogP) is 5.03. The van der Waals surface area contributed by atoms with Gasteiger partial charge in [-0.05, 0) is 40.3 Å². The zero-order valence-corrected chi connectivity index (χ0v) is 11.7. The third-order valence-corrected chi connectivity index (χ3v) is 3.44. The van der Waals surface area contributed by atoms with Crippen LogP contribution in [-0.4, -0.2) is 4.98 Å². The molecule has 1 aromatic heterocycles. The molecule has 0 radical (unpaired) electrons. The number of rotatable bonds is 1. The minimum atomic E-state index is -4.39. The van der Waals surface area contributed by atoms with E-state index in [1.807, 2.05) is 22.6 Å². The zero-order chi connectivity index (χ0) is 13.3. The van der Waals surface area contributed by atoms with Crippen LogP contribution in [0.3, 0.4) is 0 Å². The molecule has 0 atom stereocenters. The highest BCUT2D eigenvalue weighted by atomic mass is 127. The van der Waals surface area contributed by atoms with Crippen molar-refractivity contribution in [3.05, 3.63) is 50.8 Å². The first-order chi connectivity index (χ1) is 8.39. The first kappa shape index (κ1) is 13.6. The fourth-order valence-corrected chi connectivity index (χ4v) is 2.64. The molecule has 6 heteroatoms. The van der Waals surface area contributed by atoms with Crippen molar-refractivity contribution in [2.24, 2.45) is 0 Å². The molecule has 2 rings (SSSR count). The standard InChI is InChI=1S/C12H6ClF3IN/c13-11-5-10(17)8(6-18-11)7-3-1-2-4-9(7)12(14,15)16/h1-6H. The topological polar surface area (TPSA) is 12.9 Å². The van der Waals surface area contributed by atoms with E-state index in [9.17, 15) is 13.2 Å². The average molecular weight is 384 g/mol. The van der Waals surface area contributed by atoms with E-state index in [4.69, 9.17) is 11.6 Å². The molecule has 0 fully saturated rings. The van der Waals surface area contributed by atoms with E-state index in [0.717, 1.165) is 6.07 Å². The van der Waals surface area contributed by atoms with Crippen molar-refractivity contribution in [2.45, 2.75) is 6.18 Å². The first-order valence-corrected chi connectivity index (χ1v) is 6.33. The van der Waals surface area contributed by atoms with Crippen LogP contribution < -0.4 is 0 Å². The molecule has 0 aliphatic rings. The Labute approximate surface area is 120 Å². The molecule has 0 bridgehead atoms. The summed E-state index contributed by atoms with van der Waals surface area (Å²) in [5, 5.41) is 0.257. The predicted molar refractivity (Wildman–Crippen MR) is 72.4 cm³/mol. The molecule has 0 aliphatic heterocycles. The highest BCUT2D eigenvalue weighted by molar-refractivity contribution is 14.1. The molecule has 0 unspecified atom stereocenters. The van der Waals surface area contributed by atoms with Gasteiger partial charge >= 0.3 is 6.18 Å². The number of pyridine rings is 1. The normalized spacial score (nSPS) is 11.6. The number of aromatic nitrogens is 1. The highest BCUT2D eigenvalue weighted by Gasteiger charge is 2.33. The molecule has 1 aromatic carbocycles. The summed E-state index contributed by atoms with van der Waals surface area (Å²) < 4.78 is 39.3. The lowest BCUT2D eigenvalue weighted by atomic mass is 10.0. The monoisotopic (exact) mass is 383 g/mol. The summed E-state index contributed by atoms with van der Waals surface area (Å²) in [6.45, 7) is 0. The Balaban J connectivity index is 2.64. The van der Waals surface area contributed by atoms with Crippen molar-refractivity contribution in [1.29, 1.82) is 0 Å². The van der Waals surface area contributed by atoms with Crippen LogP contribution in [-0.2, 0) is 6.18 Å². The smallest absolute Gasteiger partial charge is 0.244 e. The molecule has 0 amide bonds. The van der Waals surface area contributed by atoms with Crippen molar-refractivity contribution in [1.82, 2.24) is 4.98 Å². The van der Waals surface area contributed by atoms with Gasteiger partial charge in [0, 0.05) is 15.3 Å². The molecular formula is C12H6ClF3IN. The van der Waals surface area contributed by atoms with Crippen molar-refractivity contribution in [3.8, 4) is 11.1 Å². The number of nitrogens with zero attached hydrogens (tertiary/aromatic N) is 1. The summed E-state index contributed by atoms with van der Waals surface area (Å²) in [4.78, 5) is 3.83. The minimum absolute atomic E-state index is 0.110. The Kier molecular flexibility index (Phi) is 3.82. The zero-order valence-electron chi connectivity index (χ0n) is 8.80. The fraction of sp³-hybridized carbons (Fsp3) is 0.0833. The SMILES string of the molecule is FC(F)(F)c1ccccc1-c1cnc(Cl)cc1I. The third kappa shape index (κ3) is 2.77. The lowest BCUT2D eigenvalue weighted by Gasteiger charge is -2.13. The van der Waals surface area contributed by atoms with E-state index >= 15 is 0 Å². The molecule has 0 spiro atoms. The minimum Gasteiger partial charge on any atom is -0.244 e. The van der Waals surface area contributed by atoms with Crippen LogP contribution in [0.5, 0.6) is 0 Å². The third-order valence-electron chi connectivity index (χ3n) is 2.34. The van der Waals surface area contributed by atoms with Gasteiger partial charge in [0.2, 0.25) is 0 Å². The summed E-state index contributed by atoms with van der Waals surface area (Å²) in [5.41, 5.74) is -0.140. The second kappa shape index (κ2) is 5.05. The Hall–Kier alpha value is -0.820. The second-order valence-corrected chi connectivity index (χ2v) is 5.08. The van der Waals surface area contributed by atoms with Crippen LogP contribution in [0.1, 0.15) is 5.56 Å². The molecular weight excluding hydrogens is 377 g/mol. The van der Waals surface area contributed by atoms with Crippen LogP contribution in [0.4, 0.5) is 13.2 Å². The van der Waals surface area contributed by atoms with E-state index in [1.165, 1.54) is 24.4 Å². The summed E-state index contributed by atoms with van der Waals surface area (Å²) >= 11 is 7.64. The number of hydrogen-bond acceptors (Lipinski definition) is 1. The first-order valence-electron chi connectivity index (χ1n) is 4.87. The van der Waals surface area contributed by atoms with Gasteiger partial charge in [0.05, 0.1) is 5.56 Å². The number of alkyl halides is 3. The molecule has 0 N–H and O–H groups in total. The quantitative estimate of drug-likeness (QED) is 0.497. The van der Waals surface area contributed by atoms with Gasteiger partial charge in [-0.25, -0.2) is 4.98 Å². The van der Waals surface area contributed by atoms with E-state index in [2.05, 4.69) is 4.98 Å². The van der Waals surface area contributed by atoms with Gasteiger partial charge in [0.1, 0.15) is 5.15 Å². The maximum absolute atomic E-state index is 12.9. The number of hydrogen-bond donors (Lipinski definition) is 0. The Morgan fingerprint density at radius 2 is 1.78 bits per heavy atom. The van der Waals surface area contributed by atoms with Crippen molar-refractivity contribution >= 4 is 34.2 Å². The fourth-order valence-electron chi connectivity index (χ4n) is 1.57. The maximum Gasteiger partial charge on any atom is 0.417 e. The maximum atomic E-state index is 12.9. The van der Waals surface area contributed by atoms with Crippen LogP contribution in [0.15, 0.2) is 36.5 Å². The van der Waals surface area contributed by atoms with Gasteiger partial charge < -0.3 is 0 Å². The molecule has 94 valence electrons. The van der Waals surface area contributed by atoms with Crippen molar-refractivity contribution < 1.29 is 13.2 Å². The van der Waals surface area contributed by atoms with Crippen LogP contribution in [0.2, 0.25) is 5.15 Å². The Morgan fingerprint density at radius 1 is 1.11 bits per heavy atom. The van der Waals surface area contributed by atoms with E-state index in [1.54, 1.807) is 6.07 Å². The summed E-state index contributed by atoms with van der Waals surface area (Å²) in [6.07, 6.45) is -3.03. The second-order valence-electron chi connectivity index (χ2n) is 3.53. The lowest BCUT2D eigenvalue weighted by molar-refractivity contribution is -0.137. The van der Waals surface area contributed by atoms with Gasteiger partial charge in [0.15, 0.2) is 0 Å². The van der Waals surface area contributed by atoms with E-state index < -0.39 is 11.7 Å². The number of halogens is 5. The lowest BCUT2D eigenvalue weighted by Crippen LogP contribution is -2.07. The largest absolute Gasteiger partial charge is 0.417 e. The molecule has 0 aliphatic carbocycles. The number of benzene rings is 1. The molecule has 1 heterocycles. The Bertz CT molecular complexity index is 584. The molecule has 2 aromatic rings. The van der Waals surface area contributed by atoms with Crippen molar-refractivity contribution in [2.75, 3.05) is 0 Å². The van der Waals surface area contributed by atoms with Gasteiger partial charge in [-0.15, -0.1) is 0 Å². The summed E-state index contributed by atoms with van der Waals surface area (Å²) in [7, 11) is 0. The molecule has 0 saturated heterocycles. The van der Waals surface area contributed by atoms with Crippen molar-refractivity contribution in [3.63, 3.8) is 0 Å².